The SMILES string of the molecule is CCOC1=CCC(C#Cc2c(Cl)nc(N)nc2N[C@@H]2C[C@H](CO)[C@@H](O)[C@H]2O)C(C)=N1. The molecular formula is C20H26ClN5O4. The number of nitrogens with zero attached hydrogens (tertiary/aromatic N) is 3. The van der Waals surface area contributed by atoms with Gasteiger partial charge in [0.15, 0.2) is 5.15 Å². The number of nitrogen functional groups attached to an aromatic ring is 1. The Kier molecular flexibility index (Phi) is 7.15. The van der Waals surface area contributed by atoms with E-state index in [1.54, 1.807) is 0 Å². The van der Waals surface area contributed by atoms with E-state index in [0.29, 0.717) is 30.9 Å². The molecule has 0 bridgehead atoms. The summed E-state index contributed by atoms with van der Waals surface area (Å²) in [6.45, 7) is 4.10. The fourth-order valence-electron chi connectivity index (χ4n) is 3.54. The molecule has 5 atom stereocenters. The maximum absolute atomic E-state index is 10.3. The fourth-order valence-corrected chi connectivity index (χ4v) is 3.76. The Balaban J connectivity index is 1.84. The minimum absolute atomic E-state index is 0.0421. The first-order chi connectivity index (χ1) is 14.3. The number of anilines is 2. The van der Waals surface area contributed by atoms with Crippen molar-refractivity contribution >= 4 is 29.1 Å². The molecule has 0 amide bonds. The molecule has 10 heteroatoms. The molecule has 0 spiro atoms. The zero-order valence-corrected chi connectivity index (χ0v) is 17.6. The summed E-state index contributed by atoms with van der Waals surface area (Å²) in [5.74, 6) is 6.42. The summed E-state index contributed by atoms with van der Waals surface area (Å²) in [4.78, 5) is 12.6. The number of aliphatic imine (C=N–C) groups is 1. The molecule has 1 unspecified atom stereocenters. The van der Waals surface area contributed by atoms with Crippen LogP contribution >= 0.6 is 11.6 Å². The molecule has 1 aromatic heterocycles. The first kappa shape index (κ1) is 22.3. The van der Waals surface area contributed by atoms with Crippen LogP contribution in [0, 0.1) is 23.7 Å². The van der Waals surface area contributed by atoms with E-state index >= 15 is 0 Å². The zero-order valence-electron chi connectivity index (χ0n) is 16.8. The quantitative estimate of drug-likeness (QED) is 0.339. The van der Waals surface area contributed by atoms with E-state index in [1.807, 2.05) is 19.9 Å². The Hall–Kier alpha value is -2.38. The average molecular weight is 436 g/mol. The first-order valence-corrected chi connectivity index (χ1v) is 10.2. The van der Waals surface area contributed by atoms with Gasteiger partial charge in [-0.2, -0.15) is 9.97 Å². The largest absolute Gasteiger partial charge is 0.478 e. The van der Waals surface area contributed by atoms with Crippen molar-refractivity contribution in [2.24, 2.45) is 16.8 Å². The lowest BCUT2D eigenvalue weighted by atomic mass is 9.98. The topological polar surface area (TPSA) is 146 Å². The third-order valence-electron chi connectivity index (χ3n) is 5.22. The van der Waals surface area contributed by atoms with Gasteiger partial charge in [0.05, 0.1) is 24.7 Å². The van der Waals surface area contributed by atoms with Crippen molar-refractivity contribution in [1.29, 1.82) is 0 Å². The number of ether oxygens (including phenoxy) is 1. The fraction of sp³-hybridized carbons (Fsp3) is 0.550. The highest BCUT2D eigenvalue weighted by atomic mass is 35.5. The maximum atomic E-state index is 10.3. The van der Waals surface area contributed by atoms with E-state index in [9.17, 15) is 15.3 Å². The summed E-state index contributed by atoms with van der Waals surface area (Å²) >= 11 is 6.27. The summed E-state index contributed by atoms with van der Waals surface area (Å²) in [5.41, 5.74) is 6.90. The van der Waals surface area contributed by atoms with Gasteiger partial charge in [0, 0.05) is 18.2 Å². The van der Waals surface area contributed by atoms with Gasteiger partial charge in [-0.1, -0.05) is 23.4 Å². The summed E-state index contributed by atoms with van der Waals surface area (Å²) in [7, 11) is 0. The van der Waals surface area contributed by atoms with Crippen LogP contribution in [0.4, 0.5) is 11.8 Å². The molecule has 6 N–H and O–H groups in total. The highest BCUT2D eigenvalue weighted by Crippen LogP contribution is 2.31. The number of nitrogens with one attached hydrogen (secondary N) is 1. The minimum atomic E-state index is -1.08. The Morgan fingerprint density at radius 1 is 1.33 bits per heavy atom. The van der Waals surface area contributed by atoms with E-state index in [4.69, 9.17) is 22.1 Å². The van der Waals surface area contributed by atoms with Crippen molar-refractivity contribution in [1.82, 2.24) is 9.97 Å². The summed E-state index contributed by atoms with van der Waals surface area (Å²) in [6, 6.07) is -0.544. The number of aliphatic hydroxyl groups excluding tert-OH is 3. The molecule has 0 radical (unpaired) electrons. The van der Waals surface area contributed by atoms with Gasteiger partial charge < -0.3 is 31.1 Å². The maximum Gasteiger partial charge on any atom is 0.223 e. The van der Waals surface area contributed by atoms with Crippen molar-refractivity contribution in [2.45, 2.75) is 44.9 Å². The Morgan fingerprint density at radius 2 is 2.10 bits per heavy atom. The van der Waals surface area contributed by atoms with E-state index in [2.05, 4.69) is 32.1 Å². The van der Waals surface area contributed by atoms with E-state index in [0.717, 1.165) is 5.71 Å². The van der Waals surface area contributed by atoms with Crippen LogP contribution in [0.15, 0.2) is 17.0 Å². The molecule has 0 aromatic carbocycles. The van der Waals surface area contributed by atoms with Gasteiger partial charge >= 0.3 is 0 Å². The van der Waals surface area contributed by atoms with E-state index in [1.165, 1.54) is 0 Å². The number of rotatable bonds is 5. The third kappa shape index (κ3) is 4.84. The van der Waals surface area contributed by atoms with Gasteiger partial charge in [-0.05, 0) is 32.8 Å². The molecule has 3 rings (SSSR count). The second kappa shape index (κ2) is 9.62. The summed E-state index contributed by atoms with van der Waals surface area (Å²) < 4.78 is 5.43. The number of halogens is 1. The Morgan fingerprint density at radius 3 is 2.73 bits per heavy atom. The Labute approximate surface area is 180 Å². The molecular weight excluding hydrogens is 410 g/mol. The number of aromatic nitrogens is 2. The van der Waals surface area contributed by atoms with Crippen molar-refractivity contribution in [3.05, 3.63) is 22.7 Å². The van der Waals surface area contributed by atoms with Crippen molar-refractivity contribution in [2.75, 3.05) is 24.3 Å². The normalized spacial score (nSPS) is 28.3. The third-order valence-corrected chi connectivity index (χ3v) is 5.50. The zero-order chi connectivity index (χ0) is 21.8. The Bertz CT molecular complexity index is 910. The van der Waals surface area contributed by atoms with E-state index in [-0.39, 0.29) is 29.4 Å². The predicted molar refractivity (Wildman–Crippen MR) is 114 cm³/mol. The van der Waals surface area contributed by atoms with Crippen molar-refractivity contribution < 1.29 is 20.1 Å². The lowest BCUT2D eigenvalue weighted by Gasteiger charge is -2.20. The molecule has 2 heterocycles. The molecule has 1 aliphatic carbocycles. The molecule has 0 saturated heterocycles. The standard InChI is InChI=1S/C20H26ClN5O4/c1-3-30-15-7-5-11(10(2)23-15)4-6-13-18(21)25-20(22)26-19(13)24-14-8-12(9-27)16(28)17(14)29/h7,11-12,14,16-17,27-29H,3,5,8-9H2,1-2H3,(H3,22,24,25,26)/t11?,12-,14-,16-,17+/m1/s1. The molecule has 30 heavy (non-hydrogen) atoms. The van der Waals surface area contributed by atoms with Gasteiger partial charge in [0.1, 0.15) is 17.5 Å². The van der Waals surface area contributed by atoms with Gasteiger partial charge in [0.25, 0.3) is 0 Å². The second-order valence-electron chi connectivity index (χ2n) is 7.29. The molecule has 1 fully saturated rings. The van der Waals surface area contributed by atoms with Crippen LogP contribution in [-0.2, 0) is 4.74 Å². The van der Waals surface area contributed by atoms with Crippen LogP contribution in [0.3, 0.4) is 0 Å². The highest BCUT2D eigenvalue weighted by molar-refractivity contribution is 6.31. The summed E-state index contributed by atoms with van der Waals surface area (Å²) in [5, 5.41) is 32.9. The molecule has 1 aliphatic heterocycles. The average Bonchev–Trinajstić information content (AvgIpc) is 2.96. The van der Waals surface area contributed by atoms with Crippen molar-refractivity contribution in [3.8, 4) is 11.8 Å². The van der Waals surface area contributed by atoms with Gasteiger partial charge in [-0.25, -0.2) is 4.99 Å². The molecule has 162 valence electrons. The lowest BCUT2D eigenvalue weighted by molar-refractivity contribution is 0.00445. The number of hydrogen-bond acceptors (Lipinski definition) is 9. The molecule has 9 nitrogen and oxygen atoms in total. The summed E-state index contributed by atoms with van der Waals surface area (Å²) in [6.07, 6.45) is 0.782. The van der Waals surface area contributed by atoms with Crippen LogP contribution in [-0.4, -0.2) is 62.5 Å². The van der Waals surface area contributed by atoms with Gasteiger partial charge in [0.2, 0.25) is 11.8 Å². The van der Waals surface area contributed by atoms with Crippen LogP contribution < -0.4 is 11.1 Å². The molecule has 1 aromatic rings. The number of hydrogen-bond donors (Lipinski definition) is 5. The van der Waals surface area contributed by atoms with Gasteiger partial charge in [-0.3, -0.25) is 0 Å². The van der Waals surface area contributed by atoms with Crippen LogP contribution in [0.1, 0.15) is 32.3 Å². The number of aliphatic hydroxyl groups is 3. The van der Waals surface area contributed by atoms with Crippen molar-refractivity contribution in [3.63, 3.8) is 0 Å². The monoisotopic (exact) mass is 435 g/mol. The van der Waals surface area contributed by atoms with Gasteiger partial charge in [-0.15, -0.1) is 0 Å². The number of allylic oxidation sites excluding steroid dienone is 1. The number of nitrogens with two attached hydrogens (primary N) is 1. The van der Waals surface area contributed by atoms with E-state index < -0.39 is 24.2 Å². The minimum Gasteiger partial charge on any atom is -0.478 e. The predicted octanol–water partition coefficient (Wildman–Crippen LogP) is 0.937. The molecule has 2 aliphatic rings. The smallest absolute Gasteiger partial charge is 0.223 e. The first-order valence-electron chi connectivity index (χ1n) is 9.80. The van der Waals surface area contributed by atoms with Crippen LogP contribution in [0.25, 0.3) is 0 Å². The lowest BCUT2D eigenvalue weighted by Crippen LogP contribution is -2.35. The van der Waals surface area contributed by atoms with Crippen LogP contribution in [0.2, 0.25) is 5.15 Å². The molecule has 1 saturated carbocycles. The van der Waals surface area contributed by atoms with Crippen LogP contribution in [0.5, 0.6) is 0 Å². The second-order valence-corrected chi connectivity index (χ2v) is 7.65. The highest BCUT2D eigenvalue weighted by Gasteiger charge is 2.41.